The highest BCUT2D eigenvalue weighted by molar-refractivity contribution is 8.00. The van der Waals surface area contributed by atoms with Crippen LogP contribution < -0.4 is 0 Å². The molecule has 1 aromatic heterocycles. The molecule has 0 aliphatic rings. The predicted molar refractivity (Wildman–Crippen MR) is 73.0 cm³/mol. The summed E-state index contributed by atoms with van der Waals surface area (Å²) in [6.07, 6.45) is 2.15. The lowest BCUT2D eigenvalue weighted by Crippen LogP contribution is -2.37. The molecule has 5 nitrogen and oxygen atoms in total. The van der Waals surface area contributed by atoms with Crippen molar-refractivity contribution in [2.24, 2.45) is 0 Å². The van der Waals surface area contributed by atoms with E-state index in [-0.39, 0.29) is 4.75 Å². The summed E-state index contributed by atoms with van der Waals surface area (Å²) >= 11 is 1.64. The second-order valence-electron chi connectivity index (χ2n) is 5.45. The van der Waals surface area contributed by atoms with Crippen molar-refractivity contribution < 1.29 is 9.90 Å². The Kier molecular flexibility index (Phi) is 4.81. The summed E-state index contributed by atoms with van der Waals surface area (Å²) < 4.78 is 0.0862. The molecule has 0 fully saturated rings. The van der Waals surface area contributed by atoms with E-state index in [1.54, 1.807) is 37.0 Å². The maximum atomic E-state index is 11.1. The van der Waals surface area contributed by atoms with E-state index in [1.807, 2.05) is 0 Å². The normalized spacial score (nSPS) is 13.9. The molecule has 0 saturated carbocycles. The number of aromatic nitrogens is 2. The van der Waals surface area contributed by atoms with Crippen LogP contribution in [0.2, 0.25) is 0 Å². The first-order valence-electron chi connectivity index (χ1n) is 5.81. The fraction of sp³-hybridized carbons (Fsp3) is 0.667. The molecule has 0 bridgehead atoms. The summed E-state index contributed by atoms with van der Waals surface area (Å²) in [4.78, 5) is 20.2. The first-order valence-corrected chi connectivity index (χ1v) is 6.63. The molecule has 0 saturated heterocycles. The maximum Gasteiger partial charge on any atom is 0.321 e. The Labute approximate surface area is 112 Å². The van der Waals surface area contributed by atoms with E-state index in [1.165, 1.54) is 0 Å². The molecule has 0 aromatic carbocycles. The Morgan fingerprint density at radius 3 is 2.61 bits per heavy atom. The molecular weight excluding hydrogens is 250 g/mol. The molecule has 6 heteroatoms. The zero-order valence-electron chi connectivity index (χ0n) is 11.5. The van der Waals surface area contributed by atoms with Crippen LogP contribution in [0.25, 0.3) is 0 Å². The number of nitrogens with zero attached hydrogens (tertiary/aromatic N) is 2. The van der Waals surface area contributed by atoms with E-state index in [2.05, 4.69) is 30.7 Å². The number of carbonyl (C=O) groups is 1. The molecule has 1 unspecified atom stereocenters. The summed E-state index contributed by atoms with van der Waals surface area (Å²) in [5.41, 5.74) is 0.850. The number of H-pyrrole nitrogens is 1. The molecule has 0 radical (unpaired) electrons. The first-order chi connectivity index (χ1) is 8.19. The molecular formula is C12H21N3O2S. The number of hydrogen-bond donors (Lipinski definition) is 2. The number of imidazole rings is 1. The largest absolute Gasteiger partial charge is 0.480 e. The molecule has 0 spiro atoms. The van der Waals surface area contributed by atoms with Crippen LogP contribution in [-0.4, -0.2) is 50.8 Å². The second-order valence-corrected chi connectivity index (χ2v) is 7.27. The Bertz CT molecular complexity index is 410. The van der Waals surface area contributed by atoms with E-state index in [4.69, 9.17) is 5.11 Å². The highest BCUT2D eigenvalue weighted by atomic mass is 32.2. The van der Waals surface area contributed by atoms with Crippen LogP contribution in [0.5, 0.6) is 0 Å². The van der Waals surface area contributed by atoms with Gasteiger partial charge in [0.25, 0.3) is 0 Å². The summed E-state index contributed by atoms with van der Waals surface area (Å²) in [7, 11) is 3.53. The highest BCUT2D eigenvalue weighted by Gasteiger charge is 2.22. The lowest BCUT2D eigenvalue weighted by atomic mass is 10.1. The minimum atomic E-state index is -0.820. The van der Waals surface area contributed by atoms with Crippen molar-refractivity contribution in [2.45, 2.75) is 43.1 Å². The van der Waals surface area contributed by atoms with Gasteiger partial charge in [-0.25, -0.2) is 4.98 Å². The van der Waals surface area contributed by atoms with E-state index in [0.717, 1.165) is 10.9 Å². The van der Waals surface area contributed by atoms with Gasteiger partial charge in [0.15, 0.2) is 5.16 Å². The van der Waals surface area contributed by atoms with Crippen LogP contribution in [-0.2, 0) is 11.2 Å². The van der Waals surface area contributed by atoms with Gasteiger partial charge in [0, 0.05) is 23.1 Å². The third-order valence-electron chi connectivity index (χ3n) is 2.33. The van der Waals surface area contributed by atoms with E-state index >= 15 is 0 Å². The Morgan fingerprint density at radius 2 is 2.17 bits per heavy atom. The van der Waals surface area contributed by atoms with Crippen LogP contribution in [0.15, 0.2) is 11.4 Å². The van der Waals surface area contributed by atoms with Gasteiger partial charge in [0.05, 0.1) is 0 Å². The quantitative estimate of drug-likeness (QED) is 0.800. The standard InChI is InChI=1S/C12H21N3O2S/c1-12(2,3)18-11-13-7-8(14-11)6-9(10(16)17)15(4)5/h7,9H,6H2,1-5H3,(H,13,14)(H,16,17). The average Bonchev–Trinajstić information content (AvgIpc) is 2.58. The topological polar surface area (TPSA) is 69.2 Å². The minimum absolute atomic E-state index is 0.0862. The van der Waals surface area contributed by atoms with Crippen LogP contribution >= 0.6 is 11.8 Å². The van der Waals surface area contributed by atoms with Gasteiger partial charge in [-0.15, -0.1) is 0 Å². The van der Waals surface area contributed by atoms with E-state index in [9.17, 15) is 4.79 Å². The van der Waals surface area contributed by atoms with Gasteiger partial charge in [0.2, 0.25) is 0 Å². The third-order valence-corrected chi connectivity index (χ3v) is 3.34. The number of aromatic amines is 1. The lowest BCUT2D eigenvalue weighted by Gasteiger charge is -2.19. The van der Waals surface area contributed by atoms with E-state index in [0.29, 0.717) is 6.42 Å². The smallest absolute Gasteiger partial charge is 0.321 e. The fourth-order valence-corrected chi connectivity index (χ4v) is 2.35. The third kappa shape index (κ3) is 4.70. The van der Waals surface area contributed by atoms with Crippen LogP contribution in [0, 0.1) is 0 Å². The lowest BCUT2D eigenvalue weighted by molar-refractivity contribution is -0.142. The van der Waals surface area contributed by atoms with Gasteiger partial charge in [0.1, 0.15) is 6.04 Å². The van der Waals surface area contributed by atoms with Crippen LogP contribution in [0.3, 0.4) is 0 Å². The summed E-state index contributed by atoms with van der Waals surface area (Å²) in [5, 5.41) is 9.95. The molecule has 1 aromatic rings. The Hall–Kier alpha value is -1.01. The van der Waals surface area contributed by atoms with Gasteiger partial charge in [-0.05, 0) is 14.1 Å². The molecule has 2 N–H and O–H groups in total. The van der Waals surface area contributed by atoms with Crippen molar-refractivity contribution in [3.05, 3.63) is 11.9 Å². The Morgan fingerprint density at radius 1 is 1.56 bits per heavy atom. The summed E-state index contributed by atoms with van der Waals surface area (Å²) in [6.45, 7) is 6.33. The fourth-order valence-electron chi connectivity index (χ4n) is 1.48. The van der Waals surface area contributed by atoms with Crippen molar-refractivity contribution in [1.29, 1.82) is 0 Å². The first kappa shape index (κ1) is 15.0. The molecule has 0 amide bonds. The molecule has 1 atom stereocenters. The summed E-state index contributed by atoms with van der Waals surface area (Å²) in [6, 6.07) is -0.530. The van der Waals surface area contributed by atoms with Gasteiger partial charge >= 0.3 is 5.97 Å². The highest BCUT2D eigenvalue weighted by Crippen LogP contribution is 2.29. The number of likely N-dealkylation sites (N-methyl/N-ethyl adjacent to an activating group) is 1. The summed E-state index contributed by atoms with van der Waals surface area (Å²) in [5.74, 6) is -0.820. The predicted octanol–water partition coefficient (Wildman–Crippen LogP) is 1.86. The number of aliphatic carboxylic acids is 1. The van der Waals surface area contributed by atoms with Crippen molar-refractivity contribution in [3.63, 3.8) is 0 Å². The van der Waals surface area contributed by atoms with Gasteiger partial charge in [-0.3, -0.25) is 9.69 Å². The Balaban J connectivity index is 2.71. The van der Waals surface area contributed by atoms with Gasteiger partial charge in [-0.1, -0.05) is 32.5 Å². The number of thioether (sulfide) groups is 1. The van der Waals surface area contributed by atoms with Crippen molar-refractivity contribution >= 4 is 17.7 Å². The number of rotatable bonds is 5. The van der Waals surface area contributed by atoms with Gasteiger partial charge < -0.3 is 10.1 Å². The second kappa shape index (κ2) is 5.75. The van der Waals surface area contributed by atoms with Crippen LogP contribution in [0.4, 0.5) is 0 Å². The molecule has 102 valence electrons. The maximum absolute atomic E-state index is 11.1. The SMILES string of the molecule is CN(C)C(Cc1cnc(SC(C)(C)C)[nH]1)C(=O)O. The minimum Gasteiger partial charge on any atom is -0.480 e. The number of carboxylic acids is 1. The molecule has 0 aliphatic heterocycles. The molecule has 1 heterocycles. The zero-order valence-corrected chi connectivity index (χ0v) is 12.3. The van der Waals surface area contributed by atoms with E-state index < -0.39 is 12.0 Å². The van der Waals surface area contributed by atoms with Crippen molar-refractivity contribution in [2.75, 3.05) is 14.1 Å². The van der Waals surface area contributed by atoms with Crippen molar-refractivity contribution in [3.8, 4) is 0 Å². The van der Waals surface area contributed by atoms with Crippen molar-refractivity contribution in [1.82, 2.24) is 14.9 Å². The number of nitrogens with one attached hydrogen (secondary N) is 1. The van der Waals surface area contributed by atoms with Crippen LogP contribution in [0.1, 0.15) is 26.5 Å². The zero-order chi connectivity index (χ0) is 13.9. The van der Waals surface area contributed by atoms with Gasteiger partial charge in [-0.2, -0.15) is 0 Å². The number of carboxylic acid groups (broad SMARTS) is 1. The molecule has 0 aliphatic carbocycles. The number of hydrogen-bond acceptors (Lipinski definition) is 4. The average molecular weight is 271 g/mol. The molecule has 18 heavy (non-hydrogen) atoms. The molecule has 1 rings (SSSR count). The monoisotopic (exact) mass is 271 g/mol.